The third kappa shape index (κ3) is 1.31. The largest absolute Gasteiger partial charge is 0.393 e. The van der Waals surface area contributed by atoms with Crippen LogP contribution >= 0.6 is 11.3 Å². The molecule has 2 nitrogen and oxygen atoms in total. The standard InChI is InChI=1S/C10H15NOS/c1-7-2-3-13-9(7)10(6-11)4-8(12)5-10/h2-3,8,12H,4-6,11H2,1H3. The summed E-state index contributed by atoms with van der Waals surface area (Å²) >= 11 is 1.77. The maximum Gasteiger partial charge on any atom is 0.0558 e. The molecule has 0 unspecified atom stereocenters. The molecule has 1 aliphatic rings. The predicted octanol–water partition coefficient (Wildman–Crippen LogP) is 1.41. The predicted molar refractivity (Wildman–Crippen MR) is 55.0 cm³/mol. The van der Waals surface area contributed by atoms with Gasteiger partial charge < -0.3 is 10.8 Å². The van der Waals surface area contributed by atoms with E-state index in [0.717, 1.165) is 12.8 Å². The Hall–Kier alpha value is -0.380. The molecule has 0 spiro atoms. The molecule has 1 saturated carbocycles. The van der Waals surface area contributed by atoms with Gasteiger partial charge in [-0.3, -0.25) is 0 Å². The van der Waals surface area contributed by atoms with Crippen LogP contribution in [0.2, 0.25) is 0 Å². The van der Waals surface area contributed by atoms with Gasteiger partial charge in [0, 0.05) is 16.8 Å². The van der Waals surface area contributed by atoms with Crippen molar-refractivity contribution in [2.24, 2.45) is 5.73 Å². The third-order valence-electron chi connectivity index (χ3n) is 2.99. The van der Waals surface area contributed by atoms with E-state index in [0.29, 0.717) is 6.54 Å². The highest BCUT2D eigenvalue weighted by Crippen LogP contribution is 2.46. The summed E-state index contributed by atoms with van der Waals surface area (Å²) in [6.07, 6.45) is 1.54. The van der Waals surface area contributed by atoms with E-state index in [2.05, 4.69) is 18.4 Å². The molecule has 0 saturated heterocycles. The van der Waals surface area contributed by atoms with Crippen LogP contribution in [-0.2, 0) is 5.41 Å². The zero-order valence-electron chi connectivity index (χ0n) is 7.79. The van der Waals surface area contributed by atoms with Crippen LogP contribution in [-0.4, -0.2) is 17.8 Å². The lowest BCUT2D eigenvalue weighted by Gasteiger charge is -2.44. The first kappa shape index (κ1) is 9.19. The normalized spacial score (nSPS) is 33.0. The first-order valence-corrected chi connectivity index (χ1v) is 5.49. The summed E-state index contributed by atoms with van der Waals surface area (Å²) in [5.74, 6) is 0. The van der Waals surface area contributed by atoms with Crippen LogP contribution in [0.3, 0.4) is 0 Å². The Morgan fingerprint density at radius 2 is 2.38 bits per heavy atom. The Morgan fingerprint density at radius 1 is 1.69 bits per heavy atom. The summed E-state index contributed by atoms with van der Waals surface area (Å²) in [5, 5.41) is 11.5. The van der Waals surface area contributed by atoms with Gasteiger partial charge in [0.15, 0.2) is 0 Å². The number of nitrogens with two attached hydrogens (primary N) is 1. The molecule has 0 aliphatic heterocycles. The molecule has 1 aliphatic carbocycles. The van der Waals surface area contributed by atoms with Crippen molar-refractivity contribution in [3.63, 3.8) is 0 Å². The average molecular weight is 197 g/mol. The Bertz CT molecular complexity index is 302. The minimum Gasteiger partial charge on any atom is -0.393 e. The van der Waals surface area contributed by atoms with E-state index in [1.54, 1.807) is 11.3 Å². The molecule has 72 valence electrons. The lowest BCUT2D eigenvalue weighted by Crippen LogP contribution is -2.49. The van der Waals surface area contributed by atoms with Gasteiger partial charge in [0.1, 0.15) is 0 Å². The van der Waals surface area contributed by atoms with Gasteiger partial charge in [0.25, 0.3) is 0 Å². The van der Waals surface area contributed by atoms with Gasteiger partial charge in [-0.1, -0.05) is 0 Å². The van der Waals surface area contributed by atoms with E-state index >= 15 is 0 Å². The highest BCUT2D eigenvalue weighted by atomic mass is 32.1. The van der Waals surface area contributed by atoms with Gasteiger partial charge >= 0.3 is 0 Å². The molecular formula is C10H15NOS. The monoisotopic (exact) mass is 197 g/mol. The molecule has 0 aromatic carbocycles. The lowest BCUT2D eigenvalue weighted by molar-refractivity contribution is 0.0237. The second-order valence-electron chi connectivity index (χ2n) is 3.98. The van der Waals surface area contributed by atoms with Crippen molar-refractivity contribution in [1.29, 1.82) is 0 Å². The summed E-state index contributed by atoms with van der Waals surface area (Å²) in [6, 6.07) is 2.13. The molecule has 3 heteroatoms. The van der Waals surface area contributed by atoms with Crippen molar-refractivity contribution in [3.8, 4) is 0 Å². The summed E-state index contributed by atoms with van der Waals surface area (Å²) in [5.41, 5.74) is 7.20. The van der Waals surface area contributed by atoms with Crippen molar-refractivity contribution in [1.82, 2.24) is 0 Å². The van der Waals surface area contributed by atoms with Crippen molar-refractivity contribution in [3.05, 3.63) is 21.9 Å². The first-order valence-electron chi connectivity index (χ1n) is 4.61. The molecule has 1 aromatic rings. The summed E-state index contributed by atoms with van der Waals surface area (Å²) in [7, 11) is 0. The minimum atomic E-state index is -0.134. The smallest absolute Gasteiger partial charge is 0.0558 e. The van der Waals surface area contributed by atoms with E-state index in [9.17, 15) is 5.11 Å². The van der Waals surface area contributed by atoms with Crippen LogP contribution in [0.25, 0.3) is 0 Å². The Kier molecular flexibility index (Phi) is 2.18. The number of aryl methyl sites for hydroxylation is 1. The Labute approximate surface area is 82.4 Å². The van der Waals surface area contributed by atoms with Crippen LogP contribution < -0.4 is 5.73 Å². The molecule has 3 N–H and O–H groups in total. The van der Waals surface area contributed by atoms with E-state index < -0.39 is 0 Å². The summed E-state index contributed by atoms with van der Waals surface area (Å²) in [6.45, 7) is 2.78. The summed E-state index contributed by atoms with van der Waals surface area (Å²) < 4.78 is 0. The quantitative estimate of drug-likeness (QED) is 0.753. The van der Waals surface area contributed by atoms with Crippen LogP contribution in [0.4, 0.5) is 0 Å². The molecular weight excluding hydrogens is 182 g/mol. The second-order valence-corrected chi connectivity index (χ2v) is 4.90. The lowest BCUT2D eigenvalue weighted by atomic mass is 9.65. The maximum absolute atomic E-state index is 9.35. The highest BCUT2D eigenvalue weighted by Gasteiger charge is 2.45. The fourth-order valence-corrected chi connectivity index (χ4v) is 3.37. The van der Waals surface area contributed by atoms with E-state index in [4.69, 9.17) is 5.73 Å². The van der Waals surface area contributed by atoms with Gasteiger partial charge in [-0.05, 0) is 36.8 Å². The topological polar surface area (TPSA) is 46.2 Å². The van der Waals surface area contributed by atoms with Gasteiger partial charge in [-0.2, -0.15) is 0 Å². The number of hydrogen-bond donors (Lipinski definition) is 2. The number of rotatable bonds is 2. The van der Waals surface area contributed by atoms with Crippen molar-refractivity contribution < 1.29 is 5.11 Å². The number of aliphatic hydroxyl groups is 1. The third-order valence-corrected chi connectivity index (χ3v) is 4.25. The van der Waals surface area contributed by atoms with Crippen molar-refractivity contribution in [2.75, 3.05) is 6.54 Å². The fraction of sp³-hybridized carbons (Fsp3) is 0.600. The fourth-order valence-electron chi connectivity index (χ4n) is 2.20. The molecule has 0 atom stereocenters. The highest BCUT2D eigenvalue weighted by molar-refractivity contribution is 7.10. The van der Waals surface area contributed by atoms with Crippen molar-refractivity contribution in [2.45, 2.75) is 31.3 Å². The molecule has 0 bridgehead atoms. The second kappa shape index (κ2) is 3.08. The summed E-state index contributed by atoms with van der Waals surface area (Å²) in [4.78, 5) is 1.38. The molecule has 1 heterocycles. The molecule has 2 rings (SSSR count). The molecule has 1 fully saturated rings. The number of thiophene rings is 1. The molecule has 1 aromatic heterocycles. The first-order chi connectivity index (χ1) is 6.18. The van der Waals surface area contributed by atoms with E-state index in [1.165, 1.54) is 10.4 Å². The Morgan fingerprint density at radius 3 is 2.77 bits per heavy atom. The van der Waals surface area contributed by atoms with Crippen LogP contribution in [0, 0.1) is 6.92 Å². The zero-order valence-corrected chi connectivity index (χ0v) is 8.60. The zero-order chi connectivity index (χ0) is 9.47. The Balaban J connectivity index is 2.28. The molecule has 0 amide bonds. The minimum absolute atomic E-state index is 0.0949. The average Bonchev–Trinajstić information content (AvgIpc) is 2.46. The molecule has 0 radical (unpaired) electrons. The molecule has 13 heavy (non-hydrogen) atoms. The van der Waals surface area contributed by atoms with Crippen molar-refractivity contribution >= 4 is 11.3 Å². The van der Waals surface area contributed by atoms with Crippen LogP contribution in [0.1, 0.15) is 23.3 Å². The maximum atomic E-state index is 9.35. The van der Waals surface area contributed by atoms with Crippen LogP contribution in [0.15, 0.2) is 11.4 Å². The SMILES string of the molecule is Cc1ccsc1C1(CN)CC(O)C1. The van der Waals surface area contributed by atoms with Gasteiger partial charge in [-0.15, -0.1) is 11.3 Å². The van der Waals surface area contributed by atoms with Gasteiger partial charge in [-0.25, -0.2) is 0 Å². The van der Waals surface area contributed by atoms with Crippen LogP contribution in [0.5, 0.6) is 0 Å². The van der Waals surface area contributed by atoms with E-state index in [-0.39, 0.29) is 11.5 Å². The number of aliphatic hydroxyl groups excluding tert-OH is 1. The van der Waals surface area contributed by atoms with E-state index in [1.807, 2.05) is 0 Å². The van der Waals surface area contributed by atoms with Gasteiger partial charge in [0.05, 0.1) is 6.10 Å². The van der Waals surface area contributed by atoms with Gasteiger partial charge in [0.2, 0.25) is 0 Å². The number of hydrogen-bond acceptors (Lipinski definition) is 3.